The third kappa shape index (κ3) is 3.29. The number of thiazole rings is 1. The molecule has 0 atom stereocenters. The van der Waals surface area contributed by atoms with Crippen molar-refractivity contribution in [3.63, 3.8) is 0 Å². The van der Waals surface area contributed by atoms with Crippen LogP contribution in [0.3, 0.4) is 0 Å². The largest absolute Gasteiger partial charge is 0.370 e. The molecule has 5 nitrogen and oxygen atoms in total. The Bertz CT molecular complexity index is 340. The standard InChI is InChI=1S/C7H12N4OS/c1-2-9-6(8)10-3-5-4-13-7(12)11-5/h4H,2-3H2,1H3,(H,11,12)(H3,8,9,10). The second-order valence-corrected chi connectivity index (χ2v) is 3.25. The molecule has 13 heavy (non-hydrogen) atoms. The molecule has 0 fully saturated rings. The average molecular weight is 200 g/mol. The fourth-order valence-corrected chi connectivity index (χ4v) is 1.37. The van der Waals surface area contributed by atoms with E-state index in [0.29, 0.717) is 12.5 Å². The van der Waals surface area contributed by atoms with Gasteiger partial charge in [-0.3, -0.25) is 4.79 Å². The van der Waals surface area contributed by atoms with E-state index in [2.05, 4.69) is 15.3 Å². The van der Waals surface area contributed by atoms with Gasteiger partial charge in [-0.1, -0.05) is 11.3 Å². The number of nitrogens with two attached hydrogens (primary N) is 1. The van der Waals surface area contributed by atoms with Crippen molar-refractivity contribution >= 4 is 17.3 Å². The summed E-state index contributed by atoms with van der Waals surface area (Å²) in [6, 6.07) is 0. The number of H-pyrrole nitrogens is 1. The zero-order valence-corrected chi connectivity index (χ0v) is 8.15. The van der Waals surface area contributed by atoms with Crippen molar-refractivity contribution in [2.45, 2.75) is 13.5 Å². The van der Waals surface area contributed by atoms with E-state index < -0.39 is 0 Å². The van der Waals surface area contributed by atoms with Crippen LogP contribution < -0.4 is 15.9 Å². The topological polar surface area (TPSA) is 83.3 Å². The molecule has 6 heteroatoms. The Balaban J connectivity index is 2.51. The number of aliphatic imine (C=N–C) groups is 1. The van der Waals surface area contributed by atoms with Crippen molar-refractivity contribution in [1.82, 2.24) is 10.3 Å². The van der Waals surface area contributed by atoms with E-state index in [1.807, 2.05) is 6.92 Å². The molecule has 1 heterocycles. The second kappa shape index (κ2) is 4.66. The summed E-state index contributed by atoms with van der Waals surface area (Å²) >= 11 is 1.13. The Labute approximate surface area is 79.7 Å². The van der Waals surface area contributed by atoms with Crippen molar-refractivity contribution < 1.29 is 0 Å². The number of hydrogen-bond acceptors (Lipinski definition) is 3. The Kier molecular flexibility index (Phi) is 3.51. The second-order valence-electron chi connectivity index (χ2n) is 2.41. The highest BCUT2D eigenvalue weighted by Gasteiger charge is 1.94. The Hall–Kier alpha value is -1.30. The van der Waals surface area contributed by atoms with Gasteiger partial charge in [0, 0.05) is 11.9 Å². The molecule has 0 unspecified atom stereocenters. The van der Waals surface area contributed by atoms with Crippen molar-refractivity contribution in [3.05, 3.63) is 20.7 Å². The van der Waals surface area contributed by atoms with Gasteiger partial charge < -0.3 is 16.0 Å². The van der Waals surface area contributed by atoms with Gasteiger partial charge in [0.15, 0.2) is 5.96 Å². The van der Waals surface area contributed by atoms with Crippen molar-refractivity contribution in [1.29, 1.82) is 0 Å². The predicted molar refractivity (Wildman–Crippen MR) is 53.9 cm³/mol. The number of guanidine groups is 1. The summed E-state index contributed by atoms with van der Waals surface area (Å²) in [6.07, 6.45) is 0. The average Bonchev–Trinajstić information content (AvgIpc) is 2.49. The van der Waals surface area contributed by atoms with Crippen molar-refractivity contribution in [2.24, 2.45) is 10.7 Å². The predicted octanol–water partition coefficient (Wildman–Crippen LogP) is -0.139. The monoisotopic (exact) mass is 200 g/mol. The molecule has 0 aliphatic heterocycles. The molecule has 1 aromatic heterocycles. The molecule has 0 aliphatic rings. The van der Waals surface area contributed by atoms with Crippen LogP contribution in [0.25, 0.3) is 0 Å². The van der Waals surface area contributed by atoms with Crippen LogP contribution in [0.1, 0.15) is 12.6 Å². The fraction of sp³-hybridized carbons (Fsp3) is 0.429. The molecule has 4 N–H and O–H groups in total. The van der Waals surface area contributed by atoms with Crippen LogP contribution in [0.2, 0.25) is 0 Å². The van der Waals surface area contributed by atoms with Gasteiger partial charge >= 0.3 is 4.87 Å². The highest BCUT2D eigenvalue weighted by molar-refractivity contribution is 7.07. The van der Waals surface area contributed by atoms with Crippen LogP contribution in [0.15, 0.2) is 15.2 Å². The summed E-state index contributed by atoms with van der Waals surface area (Å²) in [5.41, 5.74) is 6.28. The molecule has 0 radical (unpaired) electrons. The number of nitrogens with one attached hydrogen (secondary N) is 2. The summed E-state index contributed by atoms with van der Waals surface area (Å²) in [5, 5.41) is 4.60. The Morgan fingerprint density at radius 3 is 3.15 bits per heavy atom. The minimum atomic E-state index is -0.0628. The summed E-state index contributed by atoms with van der Waals surface area (Å²) in [7, 11) is 0. The first kappa shape index (κ1) is 9.79. The van der Waals surface area contributed by atoms with Gasteiger partial charge in [-0.2, -0.15) is 0 Å². The summed E-state index contributed by atoms with van der Waals surface area (Å²) in [6.45, 7) is 3.10. The molecule has 0 amide bonds. The van der Waals surface area contributed by atoms with Gasteiger partial charge in [0.1, 0.15) is 0 Å². The van der Waals surface area contributed by atoms with Crippen LogP contribution in [0.5, 0.6) is 0 Å². The fourth-order valence-electron chi connectivity index (χ4n) is 0.799. The van der Waals surface area contributed by atoms with Crippen molar-refractivity contribution in [2.75, 3.05) is 6.54 Å². The lowest BCUT2D eigenvalue weighted by Crippen LogP contribution is -2.31. The first-order valence-corrected chi connectivity index (χ1v) is 4.81. The smallest absolute Gasteiger partial charge is 0.304 e. The molecule has 72 valence electrons. The summed E-state index contributed by atoms with van der Waals surface area (Å²) < 4.78 is 0. The maximum Gasteiger partial charge on any atom is 0.304 e. The molecule has 0 saturated carbocycles. The van der Waals surface area contributed by atoms with Gasteiger partial charge in [-0.25, -0.2) is 4.99 Å². The van der Waals surface area contributed by atoms with E-state index >= 15 is 0 Å². The molecule has 0 saturated heterocycles. The van der Waals surface area contributed by atoms with Gasteiger partial charge in [0.25, 0.3) is 0 Å². The minimum Gasteiger partial charge on any atom is -0.370 e. The van der Waals surface area contributed by atoms with Gasteiger partial charge in [-0.05, 0) is 6.92 Å². The third-order valence-corrected chi connectivity index (χ3v) is 2.07. The molecular formula is C7H12N4OS. The first-order chi connectivity index (χ1) is 6.22. The van der Waals surface area contributed by atoms with E-state index in [1.165, 1.54) is 0 Å². The lowest BCUT2D eigenvalue weighted by atomic mass is 10.5. The van der Waals surface area contributed by atoms with Crippen LogP contribution in [-0.4, -0.2) is 17.5 Å². The minimum absolute atomic E-state index is 0.0628. The molecule has 0 aromatic carbocycles. The molecule has 0 aliphatic carbocycles. The van der Waals surface area contributed by atoms with Gasteiger partial charge in [0.2, 0.25) is 0 Å². The van der Waals surface area contributed by atoms with E-state index in [4.69, 9.17) is 5.73 Å². The zero-order chi connectivity index (χ0) is 9.68. The first-order valence-electron chi connectivity index (χ1n) is 3.93. The van der Waals surface area contributed by atoms with E-state index in [1.54, 1.807) is 5.38 Å². The number of rotatable bonds is 3. The van der Waals surface area contributed by atoms with Crippen LogP contribution in [-0.2, 0) is 6.54 Å². The Morgan fingerprint density at radius 2 is 2.62 bits per heavy atom. The highest BCUT2D eigenvalue weighted by Crippen LogP contribution is 1.96. The Morgan fingerprint density at radius 1 is 1.85 bits per heavy atom. The van der Waals surface area contributed by atoms with E-state index in [-0.39, 0.29) is 4.87 Å². The van der Waals surface area contributed by atoms with Crippen LogP contribution >= 0.6 is 11.3 Å². The third-order valence-electron chi connectivity index (χ3n) is 1.35. The maximum atomic E-state index is 10.7. The van der Waals surface area contributed by atoms with Crippen LogP contribution in [0, 0.1) is 0 Å². The molecule has 0 bridgehead atoms. The van der Waals surface area contributed by atoms with Gasteiger partial charge in [-0.15, -0.1) is 0 Å². The van der Waals surface area contributed by atoms with Crippen LogP contribution in [0.4, 0.5) is 0 Å². The number of hydrogen-bond donors (Lipinski definition) is 3. The summed E-state index contributed by atoms with van der Waals surface area (Å²) in [5.74, 6) is 0.398. The molecule has 1 rings (SSSR count). The number of nitrogens with zero attached hydrogens (tertiary/aromatic N) is 1. The molecular weight excluding hydrogens is 188 g/mol. The SMILES string of the molecule is CCNC(N)=NCc1csc(=O)[nH]1. The molecule has 0 spiro atoms. The maximum absolute atomic E-state index is 10.7. The number of aromatic nitrogens is 1. The number of aromatic amines is 1. The normalized spacial score (nSPS) is 11.6. The van der Waals surface area contributed by atoms with E-state index in [9.17, 15) is 4.79 Å². The lowest BCUT2D eigenvalue weighted by molar-refractivity contribution is 0.913. The van der Waals surface area contributed by atoms with Gasteiger partial charge in [0.05, 0.1) is 12.2 Å². The highest BCUT2D eigenvalue weighted by atomic mass is 32.1. The molecule has 1 aromatic rings. The zero-order valence-electron chi connectivity index (χ0n) is 7.33. The van der Waals surface area contributed by atoms with Crippen molar-refractivity contribution in [3.8, 4) is 0 Å². The van der Waals surface area contributed by atoms with E-state index in [0.717, 1.165) is 23.6 Å². The lowest BCUT2D eigenvalue weighted by Gasteiger charge is -1.99. The summed E-state index contributed by atoms with van der Waals surface area (Å²) in [4.78, 5) is 17.3. The quantitative estimate of drug-likeness (QED) is 0.469.